The maximum Gasteiger partial charge on any atom is 0.408 e. The average Bonchev–Trinajstić information content (AvgIpc) is 3.09. The summed E-state index contributed by atoms with van der Waals surface area (Å²) in [6.45, 7) is 9.45. The number of carboxylic acids is 1. The van der Waals surface area contributed by atoms with Gasteiger partial charge in [-0.3, -0.25) is 4.79 Å². The number of carbonyl (C=O) groups excluding carboxylic acids is 2. The summed E-state index contributed by atoms with van der Waals surface area (Å²) in [5.74, 6) is -1.62. The molecule has 8 nitrogen and oxygen atoms in total. The van der Waals surface area contributed by atoms with Crippen LogP contribution in [-0.4, -0.2) is 63.9 Å². The first-order valence-electron chi connectivity index (χ1n) is 11.1. The normalized spacial score (nSPS) is 29.9. The molecule has 1 saturated carbocycles. The maximum atomic E-state index is 13.6. The fraction of sp³-hybridized carbons (Fsp3) is 0.864. The van der Waals surface area contributed by atoms with Gasteiger partial charge in [0.25, 0.3) is 0 Å². The van der Waals surface area contributed by atoms with Crippen LogP contribution < -0.4 is 5.32 Å². The average molecular weight is 425 g/mol. The van der Waals surface area contributed by atoms with Crippen LogP contribution >= 0.6 is 0 Å². The number of carbonyl (C=O) groups is 3. The van der Waals surface area contributed by atoms with Gasteiger partial charge in [0.1, 0.15) is 17.7 Å². The number of nitrogens with zero attached hydrogens (tertiary/aromatic N) is 1. The van der Waals surface area contributed by atoms with Crippen LogP contribution in [0.1, 0.15) is 73.1 Å². The Morgan fingerprint density at radius 1 is 1.17 bits per heavy atom. The molecule has 0 aromatic rings. The van der Waals surface area contributed by atoms with Crippen LogP contribution in [0.4, 0.5) is 4.79 Å². The van der Waals surface area contributed by atoms with Gasteiger partial charge < -0.3 is 24.8 Å². The largest absolute Gasteiger partial charge is 0.480 e. The highest BCUT2D eigenvalue weighted by Gasteiger charge is 2.56. The van der Waals surface area contributed by atoms with Gasteiger partial charge in [0.2, 0.25) is 5.91 Å². The first kappa shape index (κ1) is 22.8. The molecule has 0 aromatic carbocycles. The van der Waals surface area contributed by atoms with Crippen molar-refractivity contribution in [3.05, 3.63) is 0 Å². The van der Waals surface area contributed by atoms with E-state index in [2.05, 4.69) is 5.32 Å². The summed E-state index contributed by atoms with van der Waals surface area (Å²) < 4.78 is 11.4. The lowest BCUT2D eigenvalue weighted by atomic mass is 9.83. The number of alkyl carbamates (subject to hydrolysis) is 1. The number of hydrogen-bond donors (Lipinski definition) is 2. The van der Waals surface area contributed by atoms with Gasteiger partial charge in [-0.15, -0.1) is 0 Å². The molecule has 3 aliphatic rings. The Hall–Kier alpha value is -1.83. The van der Waals surface area contributed by atoms with E-state index in [1.807, 2.05) is 13.8 Å². The van der Waals surface area contributed by atoms with Gasteiger partial charge in [-0.25, -0.2) is 9.59 Å². The minimum atomic E-state index is -1.02. The molecule has 4 atom stereocenters. The Bertz CT molecular complexity index is 680. The van der Waals surface area contributed by atoms with E-state index in [0.29, 0.717) is 6.42 Å². The van der Waals surface area contributed by atoms with E-state index in [1.165, 1.54) is 4.90 Å². The molecule has 2 unspecified atom stereocenters. The van der Waals surface area contributed by atoms with E-state index in [0.717, 1.165) is 32.1 Å². The summed E-state index contributed by atoms with van der Waals surface area (Å²) >= 11 is 0. The van der Waals surface area contributed by atoms with Crippen LogP contribution in [-0.2, 0) is 19.1 Å². The summed E-state index contributed by atoms with van der Waals surface area (Å²) in [5.41, 5.74) is -1.08. The Kier molecular flexibility index (Phi) is 6.37. The van der Waals surface area contributed by atoms with Gasteiger partial charge in [0.05, 0.1) is 11.7 Å². The van der Waals surface area contributed by atoms with Gasteiger partial charge >= 0.3 is 12.1 Å². The fourth-order valence-corrected chi connectivity index (χ4v) is 5.28. The van der Waals surface area contributed by atoms with Crippen LogP contribution in [0, 0.1) is 11.8 Å². The highest BCUT2D eigenvalue weighted by Crippen LogP contribution is 2.43. The van der Waals surface area contributed by atoms with Gasteiger partial charge in [-0.1, -0.05) is 19.3 Å². The molecule has 0 aromatic heterocycles. The monoisotopic (exact) mass is 424 g/mol. The number of hydrogen-bond acceptors (Lipinski definition) is 5. The number of carboxylic acid groups (broad SMARTS) is 1. The van der Waals surface area contributed by atoms with Crippen molar-refractivity contribution in [2.75, 3.05) is 6.54 Å². The van der Waals surface area contributed by atoms with Crippen LogP contribution in [0.5, 0.6) is 0 Å². The molecule has 30 heavy (non-hydrogen) atoms. The van der Waals surface area contributed by atoms with Gasteiger partial charge in [0, 0.05) is 12.5 Å². The second kappa shape index (κ2) is 8.36. The molecule has 0 radical (unpaired) electrons. The minimum Gasteiger partial charge on any atom is -0.480 e. The van der Waals surface area contributed by atoms with Crippen molar-refractivity contribution in [1.82, 2.24) is 10.2 Å². The van der Waals surface area contributed by atoms with E-state index in [4.69, 9.17) is 9.47 Å². The molecule has 2 aliphatic heterocycles. The number of fused-ring (bicyclic) bond motifs is 1. The van der Waals surface area contributed by atoms with Crippen LogP contribution in [0.25, 0.3) is 0 Å². The molecule has 170 valence electrons. The molecule has 3 rings (SSSR count). The highest BCUT2D eigenvalue weighted by atomic mass is 16.6. The Balaban J connectivity index is 1.81. The van der Waals surface area contributed by atoms with Crippen LogP contribution in [0.15, 0.2) is 0 Å². The predicted octanol–water partition coefficient (Wildman–Crippen LogP) is 2.94. The highest BCUT2D eigenvalue weighted by molar-refractivity contribution is 5.90. The van der Waals surface area contributed by atoms with Gasteiger partial charge in [-0.2, -0.15) is 0 Å². The molecule has 8 heteroatoms. The Morgan fingerprint density at radius 2 is 1.80 bits per heavy atom. The SMILES string of the molecule is CC(C)(C)OC(=O)N[C@H](C(=O)N1CC2OC(C)(C)CC2[C@H]1C(=O)O)C1CCCCC1. The zero-order valence-electron chi connectivity index (χ0n) is 18.8. The van der Waals surface area contributed by atoms with Crippen molar-refractivity contribution < 1.29 is 29.0 Å². The molecule has 0 bridgehead atoms. The van der Waals surface area contributed by atoms with Crippen LogP contribution in [0.3, 0.4) is 0 Å². The molecular weight excluding hydrogens is 388 g/mol. The van der Waals surface area contributed by atoms with Crippen molar-refractivity contribution >= 4 is 18.0 Å². The third kappa shape index (κ3) is 5.07. The van der Waals surface area contributed by atoms with Crippen molar-refractivity contribution in [1.29, 1.82) is 0 Å². The number of likely N-dealkylation sites (tertiary alicyclic amines) is 1. The lowest BCUT2D eigenvalue weighted by molar-refractivity contribution is -0.151. The molecule has 2 N–H and O–H groups in total. The number of rotatable bonds is 4. The summed E-state index contributed by atoms with van der Waals surface area (Å²) in [6, 6.07) is -1.72. The topological polar surface area (TPSA) is 105 Å². The third-order valence-electron chi connectivity index (χ3n) is 6.39. The fourth-order valence-electron chi connectivity index (χ4n) is 5.28. The molecule has 1 aliphatic carbocycles. The molecule has 2 amide bonds. The van der Waals surface area contributed by atoms with Crippen molar-refractivity contribution in [2.45, 2.75) is 103 Å². The number of ether oxygens (including phenoxy) is 2. The van der Waals surface area contributed by atoms with Crippen molar-refractivity contribution in [3.63, 3.8) is 0 Å². The third-order valence-corrected chi connectivity index (χ3v) is 6.39. The number of aliphatic carboxylic acids is 1. The molecule has 2 saturated heterocycles. The lowest BCUT2D eigenvalue weighted by Crippen LogP contribution is -2.56. The summed E-state index contributed by atoms with van der Waals surface area (Å²) in [6.07, 6.45) is 4.41. The van der Waals surface area contributed by atoms with Crippen molar-refractivity contribution in [2.24, 2.45) is 11.8 Å². The van der Waals surface area contributed by atoms with E-state index in [1.54, 1.807) is 20.8 Å². The minimum absolute atomic E-state index is 0.0222. The first-order valence-corrected chi connectivity index (χ1v) is 11.1. The lowest BCUT2D eigenvalue weighted by Gasteiger charge is -2.35. The van der Waals surface area contributed by atoms with E-state index in [9.17, 15) is 19.5 Å². The predicted molar refractivity (Wildman–Crippen MR) is 110 cm³/mol. The Labute approximate surface area is 178 Å². The molecule has 2 heterocycles. The van der Waals surface area contributed by atoms with E-state index < -0.39 is 35.3 Å². The van der Waals surface area contributed by atoms with Gasteiger partial charge in [0.15, 0.2) is 0 Å². The van der Waals surface area contributed by atoms with Gasteiger partial charge in [-0.05, 0) is 59.8 Å². The van der Waals surface area contributed by atoms with Crippen molar-refractivity contribution in [3.8, 4) is 0 Å². The molecule has 3 fully saturated rings. The zero-order valence-corrected chi connectivity index (χ0v) is 18.8. The van der Waals surface area contributed by atoms with E-state index >= 15 is 0 Å². The second-order valence-electron chi connectivity index (χ2n) is 10.6. The summed E-state index contributed by atoms with van der Waals surface area (Å²) in [5, 5.41) is 12.7. The van der Waals surface area contributed by atoms with E-state index in [-0.39, 0.29) is 30.4 Å². The summed E-state index contributed by atoms with van der Waals surface area (Å²) in [7, 11) is 0. The quantitative estimate of drug-likeness (QED) is 0.719. The smallest absolute Gasteiger partial charge is 0.408 e. The first-order chi connectivity index (χ1) is 13.9. The molecule has 0 spiro atoms. The second-order valence-corrected chi connectivity index (χ2v) is 10.6. The Morgan fingerprint density at radius 3 is 2.37 bits per heavy atom. The molecular formula is C22H36N2O6. The number of amides is 2. The summed E-state index contributed by atoms with van der Waals surface area (Å²) in [4.78, 5) is 39.6. The van der Waals surface area contributed by atoms with Crippen LogP contribution in [0.2, 0.25) is 0 Å². The maximum absolute atomic E-state index is 13.6. The zero-order chi connectivity index (χ0) is 22.3. The number of nitrogens with one attached hydrogen (secondary N) is 1. The standard InChI is InChI=1S/C22H36N2O6/c1-21(2,3)30-20(28)23-16(13-9-7-6-8-10-13)18(25)24-12-15-14(17(24)19(26)27)11-22(4,5)29-15/h13-17H,6-12H2,1-5H3,(H,23,28)(H,26,27)/t14?,15?,16-,17-/m0/s1.